The molecule has 0 spiro atoms. The first kappa shape index (κ1) is 19.4. The van der Waals surface area contributed by atoms with E-state index in [-0.39, 0.29) is 0 Å². The average molecular weight is 399 g/mol. The van der Waals surface area contributed by atoms with Gasteiger partial charge in [0.25, 0.3) is 0 Å². The van der Waals surface area contributed by atoms with Crippen molar-refractivity contribution in [1.29, 1.82) is 0 Å². The van der Waals surface area contributed by atoms with Gasteiger partial charge in [0.2, 0.25) is 0 Å². The van der Waals surface area contributed by atoms with Gasteiger partial charge in [0.1, 0.15) is 0 Å². The van der Waals surface area contributed by atoms with E-state index in [9.17, 15) is 0 Å². The van der Waals surface area contributed by atoms with Gasteiger partial charge in [-0.05, 0) is 62.8 Å². The molecule has 1 heterocycles. The molecule has 4 nitrogen and oxygen atoms in total. The third-order valence-corrected chi connectivity index (χ3v) is 5.52. The molecule has 2 aromatic carbocycles. The number of hydrogen-bond acceptors (Lipinski definition) is 2. The number of hydrogen-bond donors (Lipinski definition) is 1. The van der Waals surface area contributed by atoms with E-state index in [4.69, 9.17) is 28.9 Å². The topological polar surface area (TPSA) is 33.1 Å². The highest BCUT2D eigenvalue weighted by atomic mass is 35.5. The normalized spacial score (nSPS) is 10.7. The second kappa shape index (κ2) is 8.11. The van der Waals surface area contributed by atoms with E-state index in [0.717, 1.165) is 33.3 Å². The molecule has 0 radical (unpaired) electrons. The van der Waals surface area contributed by atoms with Crippen LogP contribution in [0.1, 0.15) is 22.5 Å². The predicted molar refractivity (Wildman–Crippen MR) is 117 cm³/mol. The Balaban J connectivity index is 1.78. The van der Waals surface area contributed by atoms with Gasteiger partial charge in [0.15, 0.2) is 5.11 Å². The molecular weight excluding hydrogens is 376 g/mol. The number of para-hydroxylation sites is 1. The summed E-state index contributed by atoms with van der Waals surface area (Å²) in [7, 11) is 1.98. The summed E-state index contributed by atoms with van der Waals surface area (Å²) in [4.78, 5) is 2.02. The summed E-state index contributed by atoms with van der Waals surface area (Å²) < 4.78 is 1.98. The van der Waals surface area contributed by atoms with E-state index >= 15 is 0 Å². The summed E-state index contributed by atoms with van der Waals surface area (Å²) in [6.07, 6.45) is 0. The molecule has 0 saturated carbocycles. The van der Waals surface area contributed by atoms with Gasteiger partial charge in [-0.15, -0.1) is 0 Å². The lowest BCUT2D eigenvalue weighted by atomic mass is 10.2. The van der Waals surface area contributed by atoms with Crippen LogP contribution in [0.3, 0.4) is 0 Å². The molecule has 0 atom stereocenters. The van der Waals surface area contributed by atoms with Crippen LogP contribution in [0.4, 0.5) is 5.69 Å². The Morgan fingerprint density at radius 1 is 1.11 bits per heavy atom. The second-order valence-corrected chi connectivity index (χ2v) is 7.39. The van der Waals surface area contributed by atoms with Crippen LogP contribution < -0.4 is 5.32 Å². The zero-order chi connectivity index (χ0) is 19.6. The number of anilines is 1. The summed E-state index contributed by atoms with van der Waals surface area (Å²) in [5.74, 6) is 0. The third kappa shape index (κ3) is 4.15. The van der Waals surface area contributed by atoms with Gasteiger partial charge in [-0.1, -0.05) is 35.9 Å². The van der Waals surface area contributed by atoms with Crippen molar-refractivity contribution >= 4 is 34.6 Å². The Kier molecular flexibility index (Phi) is 5.82. The lowest BCUT2D eigenvalue weighted by Gasteiger charge is -2.22. The van der Waals surface area contributed by atoms with Gasteiger partial charge in [-0.2, -0.15) is 5.10 Å². The molecule has 0 unspecified atom stereocenters. The summed E-state index contributed by atoms with van der Waals surface area (Å²) >= 11 is 11.8. The van der Waals surface area contributed by atoms with Gasteiger partial charge in [-0.25, -0.2) is 4.68 Å². The van der Waals surface area contributed by atoms with Crippen molar-refractivity contribution in [2.75, 3.05) is 12.4 Å². The first-order chi connectivity index (χ1) is 12.9. The Morgan fingerprint density at radius 2 is 1.81 bits per heavy atom. The molecule has 27 heavy (non-hydrogen) atoms. The Labute approximate surface area is 170 Å². The third-order valence-electron chi connectivity index (χ3n) is 4.69. The van der Waals surface area contributed by atoms with Crippen molar-refractivity contribution < 1.29 is 0 Å². The molecule has 0 aliphatic heterocycles. The average Bonchev–Trinajstić information content (AvgIpc) is 2.94. The number of halogens is 1. The fourth-order valence-electron chi connectivity index (χ4n) is 2.99. The fraction of sp³-hybridized carbons (Fsp3) is 0.238. The van der Waals surface area contributed by atoms with E-state index in [1.54, 1.807) is 0 Å². The lowest BCUT2D eigenvalue weighted by molar-refractivity contribution is 0.505. The van der Waals surface area contributed by atoms with Crippen LogP contribution in [0, 0.1) is 20.8 Å². The number of aromatic nitrogens is 2. The quantitative estimate of drug-likeness (QED) is 0.606. The molecule has 0 bridgehead atoms. The van der Waals surface area contributed by atoms with Crippen LogP contribution in [0.5, 0.6) is 0 Å². The van der Waals surface area contributed by atoms with Crippen molar-refractivity contribution in [3.63, 3.8) is 0 Å². The highest BCUT2D eigenvalue weighted by Crippen LogP contribution is 2.24. The molecule has 0 fully saturated rings. The molecule has 3 rings (SSSR count). The monoisotopic (exact) mass is 398 g/mol. The fourth-order valence-corrected chi connectivity index (χ4v) is 3.34. The van der Waals surface area contributed by atoms with Crippen molar-refractivity contribution in [3.8, 4) is 5.69 Å². The van der Waals surface area contributed by atoms with E-state index in [0.29, 0.717) is 11.7 Å². The predicted octanol–water partition coefficient (Wildman–Crippen LogP) is 5.28. The van der Waals surface area contributed by atoms with Gasteiger partial charge in [0, 0.05) is 35.6 Å². The molecular formula is C21H23ClN4S. The van der Waals surface area contributed by atoms with Crippen molar-refractivity contribution in [1.82, 2.24) is 14.7 Å². The minimum atomic E-state index is 0.645. The summed E-state index contributed by atoms with van der Waals surface area (Å²) in [5.41, 5.74) is 6.26. The number of thiocarbonyl (C=S) groups is 1. The smallest absolute Gasteiger partial charge is 0.173 e. The maximum absolute atomic E-state index is 6.20. The molecule has 3 aromatic rings. The van der Waals surface area contributed by atoms with Crippen LogP contribution in [0.2, 0.25) is 5.02 Å². The summed E-state index contributed by atoms with van der Waals surface area (Å²) in [6, 6.07) is 15.9. The van der Waals surface area contributed by atoms with Crippen molar-refractivity contribution in [3.05, 3.63) is 76.1 Å². The zero-order valence-electron chi connectivity index (χ0n) is 16.0. The van der Waals surface area contributed by atoms with Gasteiger partial charge in [-0.3, -0.25) is 0 Å². The van der Waals surface area contributed by atoms with E-state index in [1.165, 1.54) is 5.56 Å². The first-order valence-corrected chi connectivity index (χ1v) is 9.55. The van der Waals surface area contributed by atoms with Crippen molar-refractivity contribution in [2.24, 2.45) is 0 Å². The molecule has 1 N–H and O–H groups in total. The number of benzene rings is 2. The highest BCUT2D eigenvalue weighted by molar-refractivity contribution is 7.80. The number of nitrogens with zero attached hydrogens (tertiary/aromatic N) is 3. The van der Waals surface area contributed by atoms with Crippen LogP contribution in [-0.4, -0.2) is 26.8 Å². The zero-order valence-corrected chi connectivity index (χ0v) is 17.5. The van der Waals surface area contributed by atoms with Crippen LogP contribution in [0.15, 0.2) is 48.5 Å². The largest absolute Gasteiger partial charge is 0.348 e. The maximum Gasteiger partial charge on any atom is 0.173 e. The summed E-state index contributed by atoms with van der Waals surface area (Å²) in [6.45, 7) is 6.78. The molecule has 140 valence electrons. The first-order valence-electron chi connectivity index (χ1n) is 8.76. The lowest BCUT2D eigenvalue weighted by Crippen LogP contribution is -2.31. The minimum absolute atomic E-state index is 0.645. The number of aryl methyl sites for hydroxylation is 1. The Morgan fingerprint density at radius 3 is 2.52 bits per heavy atom. The maximum atomic E-state index is 6.20. The van der Waals surface area contributed by atoms with E-state index < -0.39 is 0 Å². The number of rotatable bonds is 4. The molecule has 0 amide bonds. The molecule has 0 saturated heterocycles. The SMILES string of the molecule is Cc1nn(-c2ccccc2)c(C)c1CN(C)C(=S)Nc1cccc(Cl)c1C. The van der Waals surface area contributed by atoms with Crippen LogP contribution in [-0.2, 0) is 6.54 Å². The van der Waals surface area contributed by atoms with Crippen molar-refractivity contribution in [2.45, 2.75) is 27.3 Å². The Bertz CT molecular complexity index is 966. The van der Waals surface area contributed by atoms with Crippen LogP contribution >= 0.6 is 23.8 Å². The molecule has 6 heteroatoms. The van der Waals surface area contributed by atoms with E-state index in [1.807, 2.05) is 66.9 Å². The van der Waals surface area contributed by atoms with Gasteiger partial charge >= 0.3 is 0 Å². The van der Waals surface area contributed by atoms with E-state index in [2.05, 4.69) is 24.4 Å². The second-order valence-electron chi connectivity index (χ2n) is 6.60. The van der Waals surface area contributed by atoms with Gasteiger partial charge < -0.3 is 10.2 Å². The Hall–Kier alpha value is -2.37. The van der Waals surface area contributed by atoms with Crippen LogP contribution in [0.25, 0.3) is 5.69 Å². The molecule has 0 aliphatic rings. The molecule has 0 aliphatic carbocycles. The standard InChI is InChI=1S/C21H23ClN4S/c1-14-19(22)11-8-12-20(14)23-21(27)25(4)13-18-15(2)24-26(16(18)3)17-9-6-5-7-10-17/h5-12H,13H2,1-4H3,(H,23,27). The number of nitrogens with one attached hydrogen (secondary N) is 1. The highest BCUT2D eigenvalue weighted by Gasteiger charge is 2.16. The molecule has 1 aromatic heterocycles. The minimum Gasteiger partial charge on any atom is -0.348 e. The van der Waals surface area contributed by atoms with Gasteiger partial charge in [0.05, 0.1) is 11.4 Å². The summed E-state index contributed by atoms with van der Waals surface area (Å²) in [5, 5.41) is 9.37.